The SMILES string of the molecule is CCCCC1CCN(CCCN2C(=O)CSc3ccccc32)CC1. The predicted octanol–water partition coefficient (Wildman–Crippen LogP) is 4.42. The number of amides is 1. The lowest BCUT2D eigenvalue weighted by Crippen LogP contribution is -2.39. The van der Waals surface area contributed by atoms with Crippen LogP contribution in [0.4, 0.5) is 5.69 Å². The number of hydrogen-bond donors (Lipinski definition) is 0. The fraction of sp³-hybridized carbons (Fsp3) is 0.650. The van der Waals surface area contributed by atoms with E-state index in [1.807, 2.05) is 11.0 Å². The zero-order valence-corrected chi connectivity index (χ0v) is 15.7. The van der Waals surface area contributed by atoms with Crippen molar-refractivity contribution in [2.24, 2.45) is 5.92 Å². The van der Waals surface area contributed by atoms with E-state index in [0.717, 1.165) is 31.1 Å². The molecule has 0 unspecified atom stereocenters. The van der Waals surface area contributed by atoms with Crippen LogP contribution < -0.4 is 4.90 Å². The molecule has 24 heavy (non-hydrogen) atoms. The van der Waals surface area contributed by atoms with E-state index in [9.17, 15) is 4.79 Å². The maximum absolute atomic E-state index is 12.3. The Morgan fingerprint density at radius 3 is 2.71 bits per heavy atom. The Hall–Kier alpha value is -1.00. The summed E-state index contributed by atoms with van der Waals surface area (Å²) in [5.41, 5.74) is 1.11. The van der Waals surface area contributed by atoms with Crippen molar-refractivity contribution in [1.82, 2.24) is 4.90 Å². The summed E-state index contributed by atoms with van der Waals surface area (Å²) in [6.07, 6.45) is 7.93. The molecule has 1 aromatic carbocycles. The van der Waals surface area contributed by atoms with Gasteiger partial charge in [0.15, 0.2) is 0 Å². The van der Waals surface area contributed by atoms with Crippen LogP contribution in [0.2, 0.25) is 0 Å². The minimum atomic E-state index is 0.261. The lowest BCUT2D eigenvalue weighted by molar-refractivity contribution is -0.116. The second-order valence-corrected chi connectivity index (χ2v) is 8.10. The van der Waals surface area contributed by atoms with Crippen molar-refractivity contribution in [2.75, 3.05) is 36.8 Å². The van der Waals surface area contributed by atoms with Crippen molar-refractivity contribution in [3.05, 3.63) is 24.3 Å². The normalized spacial score (nSPS) is 19.5. The molecule has 1 aromatic rings. The molecule has 0 saturated carbocycles. The predicted molar refractivity (Wildman–Crippen MR) is 103 cm³/mol. The molecule has 1 amide bonds. The van der Waals surface area contributed by atoms with E-state index in [1.165, 1.54) is 50.1 Å². The Bertz CT molecular complexity index is 540. The van der Waals surface area contributed by atoms with Gasteiger partial charge in [0, 0.05) is 11.4 Å². The van der Waals surface area contributed by atoms with Gasteiger partial charge in [-0.1, -0.05) is 38.3 Å². The molecule has 0 spiro atoms. The number of para-hydroxylation sites is 1. The fourth-order valence-corrected chi connectivity index (χ4v) is 4.78. The third-order valence-electron chi connectivity index (χ3n) is 5.34. The Balaban J connectivity index is 1.43. The summed E-state index contributed by atoms with van der Waals surface area (Å²) in [6.45, 7) is 6.75. The lowest BCUT2D eigenvalue weighted by atomic mass is 9.91. The average molecular weight is 347 g/mol. The van der Waals surface area contributed by atoms with Crippen molar-refractivity contribution in [3.63, 3.8) is 0 Å². The van der Waals surface area contributed by atoms with E-state index in [0.29, 0.717) is 5.75 Å². The van der Waals surface area contributed by atoms with Gasteiger partial charge in [0.1, 0.15) is 0 Å². The largest absolute Gasteiger partial charge is 0.311 e. The number of benzene rings is 1. The number of anilines is 1. The second kappa shape index (κ2) is 8.91. The standard InChI is InChI=1S/C20H30N2OS/c1-2-3-7-17-10-14-21(15-11-17)12-6-13-22-18-8-4-5-9-19(18)24-16-20(22)23/h4-5,8-9,17H,2-3,6-7,10-16H2,1H3. The number of carbonyl (C=O) groups excluding carboxylic acids is 1. The number of carbonyl (C=O) groups is 1. The molecule has 2 aliphatic rings. The molecule has 1 fully saturated rings. The zero-order chi connectivity index (χ0) is 16.8. The molecule has 0 aliphatic carbocycles. The van der Waals surface area contributed by atoms with Crippen LogP contribution in [-0.2, 0) is 4.79 Å². The van der Waals surface area contributed by atoms with Crippen LogP contribution in [0.15, 0.2) is 29.2 Å². The number of piperidine rings is 1. The molecule has 3 rings (SSSR count). The molecule has 0 radical (unpaired) electrons. The number of fused-ring (bicyclic) bond motifs is 1. The van der Waals surface area contributed by atoms with Crippen LogP contribution in [-0.4, -0.2) is 42.7 Å². The van der Waals surface area contributed by atoms with Crippen molar-refractivity contribution in [3.8, 4) is 0 Å². The van der Waals surface area contributed by atoms with E-state index in [1.54, 1.807) is 11.8 Å². The quantitative estimate of drug-likeness (QED) is 0.730. The number of hydrogen-bond acceptors (Lipinski definition) is 3. The van der Waals surface area contributed by atoms with Crippen LogP contribution in [0.1, 0.15) is 45.4 Å². The van der Waals surface area contributed by atoms with Gasteiger partial charge in [0.25, 0.3) is 0 Å². The highest BCUT2D eigenvalue weighted by Gasteiger charge is 2.24. The molecule has 0 aromatic heterocycles. The first-order valence-electron chi connectivity index (χ1n) is 9.52. The van der Waals surface area contributed by atoms with Gasteiger partial charge < -0.3 is 9.80 Å². The van der Waals surface area contributed by atoms with Gasteiger partial charge >= 0.3 is 0 Å². The van der Waals surface area contributed by atoms with Gasteiger partial charge in [-0.3, -0.25) is 4.79 Å². The first kappa shape index (κ1) is 17.8. The summed E-state index contributed by atoms with van der Waals surface area (Å²) < 4.78 is 0. The van der Waals surface area contributed by atoms with E-state index >= 15 is 0 Å². The Kier molecular flexibility index (Phi) is 6.61. The summed E-state index contributed by atoms with van der Waals surface area (Å²) in [6, 6.07) is 8.30. The summed E-state index contributed by atoms with van der Waals surface area (Å²) in [7, 11) is 0. The van der Waals surface area contributed by atoms with E-state index in [2.05, 4.69) is 30.0 Å². The molecule has 0 atom stereocenters. The number of thioether (sulfide) groups is 1. The highest BCUT2D eigenvalue weighted by Crippen LogP contribution is 2.34. The Labute approximate surface area is 150 Å². The van der Waals surface area contributed by atoms with Crippen LogP contribution in [0.25, 0.3) is 0 Å². The number of nitrogens with zero attached hydrogens (tertiary/aromatic N) is 2. The smallest absolute Gasteiger partial charge is 0.237 e. The Morgan fingerprint density at radius 1 is 1.12 bits per heavy atom. The zero-order valence-electron chi connectivity index (χ0n) is 14.9. The van der Waals surface area contributed by atoms with Gasteiger partial charge in [-0.2, -0.15) is 0 Å². The van der Waals surface area contributed by atoms with Crippen molar-refractivity contribution in [1.29, 1.82) is 0 Å². The molecular weight excluding hydrogens is 316 g/mol. The number of rotatable bonds is 7. The molecule has 0 bridgehead atoms. The number of likely N-dealkylation sites (tertiary alicyclic amines) is 1. The monoisotopic (exact) mass is 346 g/mol. The van der Waals surface area contributed by atoms with Crippen molar-refractivity contribution >= 4 is 23.4 Å². The van der Waals surface area contributed by atoms with Gasteiger partial charge in [-0.15, -0.1) is 11.8 Å². The molecule has 1 saturated heterocycles. The summed E-state index contributed by atoms with van der Waals surface area (Å²) >= 11 is 1.67. The topological polar surface area (TPSA) is 23.6 Å². The van der Waals surface area contributed by atoms with Gasteiger partial charge in [-0.25, -0.2) is 0 Å². The molecule has 132 valence electrons. The van der Waals surface area contributed by atoms with Gasteiger partial charge in [0.05, 0.1) is 11.4 Å². The maximum Gasteiger partial charge on any atom is 0.237 e. The molecule has 3 nitrogen and oxygen atoms in total. The third-order valence-corrected chi connectivity index (χ3v) is 6.38. The van der Waals surface area contributed by atoms with Crippen LogP contribution >= 0.6 is 11.8 Å². The Morgan fingerprint density at radius 2 is 1.92 bits per heavy atom. The molecule has 0 N–H and O–H groups in total. The highest BCUT2D eigenvalue weighted by atomic mass is 32.2. The van der Waals surface area contributed by atoms with Crippen LogP contribution in [0.5, 0.6) is 0 Å². The summed E-state index contributed by atoms with van der Waals surface area (Å²) in [5.74, 6) is 1.80. The third kappa shape index (κ3) is 4.54. The fourth-order valence-electron chi connectivity index (χ4n) is 3.84. The van der Waals surface area contributed by atoms with E-state index < -0.39 is 0 Å². The van der Waals surface area contributed by atoms with E-state index in [-0.39, 0.29) is 5.91 Å². The second-order valence-electron chi connectivity index (χ2n) is 7.08. The number of unbranched alkanes of at least 4 members (excludes halogenated alkanes) is 1. The first-order valence-corrected chi connectivity index (χ1v) is 10.5. The minimum Gasteiger partial charge on any atom is -0.311 e. The molecule has 4 heteroatoms. The molecular formula is C20H30N2OS. The van der Waals surface area contributed by atoms with Crippen LogP contribution in [0.3, 0.4) is 0 Å². The van der Waals surface area contributed by atoms with Gasteiger partial charge in [0.2, 0.25) is 5.91 Å². The summed E-state index contributed by atoms with van der Waals surface area (Å²) in [5, 5.41) is 0. The average Bonchev–Trinajstić information content (AvgIpc) is 2.63. The summed E-state index contributed by atoms with van der Waals surface area (Å²) in [4.78, 5) is 18.1. The minimum absolute atomic E-state index is 0.261. The van der Waals surface area contributed by atoms with Gasteiger partial charge in [-0.05, 0) is 56.9 Å². The highest BCUT2D eigenvalue weighted by molar-refractivity contribution is 8.00. The lowest BCUT2D eigenvalue weighted by Gasteiger charge is -2.33. The molecule has 2 aliphatic heterocycles. The van der Waals surface area contributed by atoms with Crippen molar-refractivity contribution in [2.45, 2.75) is 50.3 Å². The molecule has 2 heterocycles. The first-order chi connectivity index (χ1) is 11.8. The van der Waals surface area contributed by atoms with Crippen molar-refractivity contribution < 1.29 is 4.79 Å². The van der Waals surface area contributed by atoms with Crippen LogP contribution in [0, 0.1) is 5.92 Å². The maximum atomic E-state index is 12.3. The van der Waals surface area contributed by atoms with E-state index in [4.69, 9.17) is 0 Å².